The van der Waals surface area contributed by atoms with Gasteiger partial charge in [-0.3, -0.25) is 4.79 Å². The van der Waals surface area contributed by atoms with E-state index in [2.05, 4.69) is 34.2 Å². The summed E-state index contributed by atoms with van der Waals surface area (Å²) in [7, 11) is 0. The summed E-state index contributed by atoms with van der Waals surface area (Å²) in [5.41, 5.74) is 2.49. The quantitative estimate of drug-likeness (QED) is 0.763. The van der Waals surface area contributed by atoms with Crippen LogP contribution in [0.3, 0.4) is 0 Å². The molecule has 0 bridgehead atoms. The van der Waals surface area contributed by atoms with Crippen LogP contribution in [0.15, 0.2) is 12.4 Å². The summed E-state index contributed by atoms with van der Waals surface area (Å²) in [5.74, 6) is 0.439. The second kappa shape index (κ2) is 6.75. The average molecular weight is 370 g/mol. The van der Waals surface area contributed by atoms with E-state index in [1.165, 1.54) is 29.7 Å². The molecule has 3 heterocycles. The maximum absolute atomic E-state index is 12.8. The summed E-state index contributed by atoms with van der Waals surface area (Å²) < 4.78 is 1.68. The molecule has 7 nitrogen and oxygen atoms in total. The van der Waals surface area contributed by atoms with Crippen LogP contribution in [0.1, 0.15) is 77.3 Å². The minimum Gasteiger partial charge on any atom is -0.342 e. The first-order valence-electron chi connectivity index (χ1n) is 9.03. The maximum Gasteiger partial charge on any atom is 0.270 e. The van der Waals surface area contributed by atoms with Crippen molar-refractivity contribution >= 4 is 23.0 Å². The van der Waals surface area contributed by atoms with Gasteiger partial charge in [0.2, 0.25) is 0 Å². The Bertz CT molecular complexity index is 936. The van der Waals surface area contributed by atoms with Gasteiger partial charge >= 0.3 is 0 Å². The molecule has 26 heavy (non-hydrogen) atoms. The Hall–Kier alpha value is -2.35. The lowest BCUT2D eigenvalue weighted by Crippen LogP contribution is -2.28. The van der Waals surface area contributed by atoms with E-state index >= 15 is 0 Å². The average Bonchev–Trinajstić information content (AvgIpc) is 3.26. The molecule has 8 heteroatoms. The van der Waals surface area contributed by atoms with Crippen LogP contribution in [-0.4, -0.2) is 30.5 Å². The van der Waals surface area contributed by atoms with Crippen LogP contribution in [0.25, 0.3) is 5.78 Å². The molecule has 136 valence electrons. The van der Waals surface area contributed by atoms with E-state index in [0.29, 0.717) is 11.5 Å². The molecule has 0 saturated carbocycles. The molecule has 0 radical (unpaired) electrons. The molecule has 1 aliphatic rings. The summed E-state index contributed by atoms with van der Waals surface area (Å²) in [6.07, 6.45) is 6.05. The lowest BCUT2D eigenvalue weighted by Gasteiger charge is -2.13. The number of thiazole rings is 1. The van der Waals surface area contributed by atoms with Crippen LogP contribution < -0.4 is 5.32 Å². The highest BCUT2D eigenvalue weighted by Crippen LogP contribution is 2.29. The zero-order valence-electron chi connectivity index (χ0n) is 15.2. The van der Waals surface area contributed by atoms with Crippen LogP contribution in [-0.2, 0) is 12.8 Å². The van der Waals surface area contributed by atoms with Crippen molar-refractivity contribution in [2.24, 2.45) is 0 Å². The SMILES string of the molecule is CC(C)c1cc(C(=O)N[C@H](C)c2nc3c(s2)CCCC3)nc2ncnn12. The number of amides is 1. The van der Waals surface area contributed by atoms with Gasteiger partial charge in [0, 0.05) is 4.88 Å². The number of aryl methyl sites for hydroxylation is 2. The highest BCUT2D eigenvalue weighted by molar-refractivity contribution is 7.11. The number of carbonyl (C=O) groups excluding carboxylic acids is 1. The van der Waals surface area contributed by atoms with Gasteiger partial charge in [0.25, 0.3) is 11.7 Å². The number of aromatic nitrogens is 5. The van der Waals surface area contributed by atoms with E-state index in [9.17, 15) is 4.79 Å². The number of hydrogen-bond donors (Lipinski definition) is 1. The smallest absolute Gasteiger partial charge is 0.270 e. The molecule has 3 aromatic rings. The van der Waals surface area contributed by atoms with E-state index in [0.717, 1.165) is 23.5 Å². The molecule has 4 rings (SSSR count). The fourth-order valence-electron chi connectivity index (χ4n) is 3.25. The molecule has 1 atom stereocenters. The molecule has 1 N–H and O–H groups in total. The first-order valence-corrected chi connectivity index (χ1v) is 9.84. The number of nitrogens with one attached hydrogen (secondary N) is 1. The maximum atomic E-state index is 12.8. The number of hydrogen-bond acceptors (Lipinski definition) is 6. The molecule has 0 spiro atoms. The molecule has 0 aliphatic heterocycles. The molecule has 0 aromatic carbocycles. The van der Waals surface area contributed by atoms with Crippen LogP contribution in [0.4, 0.5) is 0 Å². The van der Waals surface area contributed by atoms with Crippen molar-refractivity contribution < 1.29 is 4.79 Å². The fourth-order valence-corrected chi connectivity index (χ4v) is 4.41. The van der Waals surface area contributed by atoms with Gasteiger partial charge in [0.15, 0.2) is 0 Å². The van der Waals surface area contributed by atoms with Crippen molar-refractivity contribution in [2.75, 3.05) is 0 Å². The molecule has 0 fully saturated rings. The summed E-state index contributed by atoms with van der Waals surface area (Å²) in [6.45, 7) is 6.09. The van der Waals surface area contributed by atoms with Crippen molar-refractivity contribution in [3.63, 3.8) is 0 Å². The van der Waals surface area contributed by atoms with E-state index in [1.54, 1.807) is 21.9 Å². The third kappa shape index (κ3) is 3.09. The highest BCUT2D eigenvalue weighted by atomic mass is 32.1. The van der Waals surface area contributed by atoms with Gasteiger partial charge in [-0.15, -0.1) is 11.3 Å². The number of nitrogens with zero attached hydrogens (tertiary/aromatic N) is 5. The number of carbonyl (C=O) groups is 1. The van der Waals surface area contributed by atoms with Crippen molar-refractivity contribution in [1.82, 2.24) is 29.9 Å². The Morgan fingerprint density at radius 2 is 2.04 bits per heavy atom. The van der Waals surface area contributed by atoms with Gasteiger partial charge in [-0.25, -0.2) is 14.5 Å². The Balaban J connectivity index is 1.57. The van der Waals surface area contributed by atoms with Crippen molar-refractivity contribution in [3.05, 3.63) is 39.4 Å². The third-order valence-corrected chi connectivity index (χ3v) is 6.02. The van der Waals surface area contributed by atoms with Crippen LogP contribution >= 0.6 is 11.3 Å². The topological polar surface area (TPSA) is 85.1 Å². The Labute approximate surface area is 155 Å². The minimum atomic E-state index is -0.210. The normalized spacial score (nSPS) is 15.2. The van der Waals surface area contributed by atoms with Crippen LogP contribution in [0.2, 0.25) is 0 Å². The van der Waals surface area contributed by atoms with Crippen molar-refractivity contribution in [3.8, 4) is 0 Å². The summed E-state index contributed by atoms with van der Waals surface area (Å²) in [4.78, 5) is 27.4. The zero-order valence-corrected chi connectivity index (χ0v) is 16.0. The lowest BCUT2D eigenvalue weighted by atomic mass is 10.0. The van der Waals surface area contributed by atoms with Gasteiger partial charge < -0.3 is 5.32 Å². The van der Waals surface area contributed by atoms with Gasteiger partial charge in [-0.1, -0.05) is 13.8 Å². The van der Waals surface area contributed by atoms with E-state index in [4.69, 9.17) is 4.98 Å². The minimum absolute atomic E-state index is 0.142. The zero-order chi connectivity index (χ0) is 18.3. The van der Waals surface area contributed by atoms with Gasteiger partial charge in [-0.05, 0) is 44.6 Å². The van der Waals surface area contributed by atoms with E-state index < -0.39 is 0 Å². The third-order valence-electron chi connectivity index (χ3n) is 4.68. The molecule has 0 saturated heterocycles. The second-order valence-electron chi connectivity index (χ2n) is 7.02. The van der Waals surface area contributed by atoms with Crippen molar-refractivity contribution in [2.45, 2.75) is 58.4 Å². The fraction of sp³-hybridized carbons (Fsp3) is 0.500. The lowest BCUT2D eigenvalue weighted by molar-refractivity contribution is 0.0934. The second-order valence-corrected chi connectivity index (χ2v) is 8.13. The van der Waals surface area contributed by atoms with Gasteiger partial charge in [0.1, 0.15) is 17.0 Å². The van der Waals surface area contributed by atoms with E-state index in [1.807, 2.05) is 6.92 Å². The predicted octanol–water partition coefficient (Wildman–Crippen LogP) is 3.07. The molecule has 3 aromatic heterocycles. The van der Waals surface area contributed by atoms with E-state index in [-0.39, 0.29) is 17.9 Å². The summed E-state index contributed by atoms with van der Waals surface area (Å²) in [5, 5.41) is 8.19. The summed E-state index contributed by atoms with van der Waals surface area (Å²) >= 11 is 1.72. The Morgan fingerprint density at radius 3 is 2.81 bits per heavy atom. The van der Waals surface area contributed by atoms with Gasteiger partial charge in [0.05, 0.1) is 17.4 Å². The predicted molar refractivity (Wildman–Crippen MR) is 99.5 cm³/mol. The molecular weight excluding hydrogens is 348 g/mol. The van der Waals surface area contributed by atoms with Crippen LogP contribution in [0, 0.1) is 0 Å². The largest absolute Gasteiger partial charge is 0.342 e. The first-order chi connectivity index (χ1) is 12.5. The van der Waals surface area contributed by atoms with Crippen LogP contribution in [0.5, 0.6) is 0 Å². The molecule has 1 aliphatic carbocycles. The Morgan fingerprint density at radius 1 is 1.23 bits per heavy atom. The first kappa shape index (κ1) is 17.1. The molecule has 1 amide bonds. The summed E-state index contributed by atoms with van der Waals surface area (Å²) in [6, 6.07) is 1.65. The highest BCUT2D eigenvalue weighted by Gasteiger charge is 2.21. The van der Waals surface area contributed by atoms with Gasteiger partial charge in [-0.2, -0.15) is 10.1 Å². The monoisotopic (exact) mass is 370 g/mol. The Kier molecular flexibility index (Phi) is 4.44. The van der Waals surface area contributed by atoms with Crippen molar-refractivity contribution in [1.29, 1.82) is 0 Å². The number of rotatable bonds is 4. The number of fused-ring (bicyclic) bond motifs is 2. The molecule has 0 unspecified atom stereocenters. The molecular formula is C18H22N6OS. The standard InChI is InChI=1S/C18H22N6OS/c1-10(2)14-8-13(23-18-19-9-20-24(14)18)16(25)21-11(3)17-22-12-6-4-5-7-15(12)26-17/h8-11H,4-7H2,1-3H3,(H,21,25)/t11-/m1/s1.